The summed E-state index contributed by atoms with van der Waals surface area (Å²) in [5, 5.41) is 14.7. The van der Waals surface area contributed by atoms with E-state index in [1.54, 1.807) is 4.68 Å². The number of rotatable bonds is 3. The van der Waals surface area contributed by atoms with Crippen LogP contribution in [0.5, 0.6) is 0 Å². The second-order valence-corrected chi connectivity index (χ2v) is 5.96. The van der Waals surface area contributed by atoms with Crippen molar-refractivity contribution in [2.24, 2.45) is 0 Å². The lowest BCUT2D eigenvalue weighted by atomic mass is 10.0. The van der Waals surface area contributed by atoms with Crippen molar-refractivity contribution < 1.29 is 0 Å². The predicted octanol–water partition coefficient (Wildman–Crippen LogP) is 3.70. The Bertz CT molecular complexity index is 676. The van der Waals surface area contributed by atoms with Gasteiger partial charge in [-0.15, -0.1) is 0 Å². The van der Waals surface area contributed by atoms with Gasteiger partial charge in [-0.2, -0.15) is 10.4 Å². The van der Waals surface area contributed by atoms with Crippen LogP contribution in [0.15, 0.2) is 24.3 Å². The summed E-state index contributed by atoms with van der Waals surface area (Å²) in [5.74, 6) is 0.850. The van der Waals surface area contributed by atoms with Crippen LogP contribution in [-0.4, -0.2) is 9.78 Å². The Kier molecular flexibility index (Phi) is 3.85. The first-order valence-electron chi connectivity index (χ1n) is 7.19. The van der Waals surface area contributed by atoms with Crippen molar-refractivity contribution in [1.82, 2.24) is 9.78 Å². The number of anilines is 1. The predicted molar refractivity (Wildman–Crippen MR) is 83.1 cm³/mol. The SMILES string of the molecule is N#Cc1c(C2CCCC2)nn(Cc2ccc(Cl)cc2)c1N. The van der Waals surface area contributed by atoms with Crippen molar-refractivity contribution in [1.29, 1.82) is 5.26 Å². The van der Waals surface area contributed by atoms with Crippen LogP contribution in [0.1, 0.15) is 48.4 Å². The summed E-state index contributed by atoms with van der Waals surface area (Å²) in [6, 6.07) is 9.82. The van der Waals surface area contributed by atoms with Crippen LogP contribution >= 0.6 is 11.6 Å². The van der Waals surface area contributed by atoms with Gasteiger partial charge in [-0.1, -0.05) is 36.6 Å². The van der Waals surface area contributed by atoms with E-state index in [1.165, 1.54) is 12.8 Å². The van der Waals surface area contributed by atoms with Crippen molar-refractivity contribution in [3.05, 3.63) is 46.1 Å². The van der Waals surface area contributed by atoms with Crippen molar-refractivity contribution in [3.63, 3.8) is 0 Å². The average molecular weight is 301 g/mol. The Morgan fingerprint density at radius 2 is 1.95 bits per heavy atom. The smallest absolute Gasteiger partial charge is 0.140 e. The minimum Gasteiger partial charge on any atom is -0.383 e. The second-order valence-electron chi connectivity index (χ2n) is 5.52. The second kappa shape index (κ2) is 5.79. The molecule has 0 amide bonds. The first-order chi connectivity index (χ1) is 10.2. The third-order valence-corrected chi connectivity index (χ3v) is 4.37. The maximum atomic E-state index is 9.37. The van der Waals surface area contributed by atoms with Crippen LogP contribution in [0.2, 0.25) is 5.02 Å². The van der Waals surface area contributed by atoms with Crippen LogP contribution in [0.4, 0.5) is 5.82 Å². The number of nitrogen functional groups attached to an aromatic ring is 1. The Morgan fingerprint density at radius 3 is 2.57 bits per heavy atom. The lowest BCUT2D eigenvalue weighted by Gasteiger charge is -2.05. The van der Waals surface area contributed by atoms with E-state index in [2.05, 4.69) is 11.2 Å². The molecule has 2 aromatic rings. The summed E-state index contributed by atoms with van der Waals surface area (Å²) in [6.07, 6.45) is 4.62. The molecule has 0 aliphatic heterocycles. The molecule has 1 saturated carbocycles. The Morgan fingerprint density at radius 1 is 1.29 bits per heavy atom. The zero-order chi connectivity index (χ0) is 14.8. The van der Waals surface area contributed by atoms with E-state index in [9.17, 15) is 5.26 Å². The number of hydrogen-bond acceptors (Lipinski definition) is 3. The van der Waals surface area contributed by atoms with E-state index in [1.807, 2.05) is 24.3 Å². The zero-order valence-corrected chi connectivity index (χ0v) is 12.5. The highest BCUT2D eigenvalue weighted by Gasteiger charge is 2.26. The fourth-order valence-corrected chi connectivity index (χ4v) is 3.10. The molecule has 21 heavy (non-hydrogen) atoms. The summed E-state index contributed by atoms with van der Waals surface area (Å²) in [7, 11) is 0. The minimum atomic E-state index is 0.383. The van der Waals surface area contributed by atoms with E-state index < -0.39 is 0 Å². The van der Waals surface area contributed by atoms with Gasteiger partial charge in [-0.25, -0.2) is 4.68 Å². The van der Waals surface area contributed by atoms with Gasteiger partial charge in [0, 0.05) is 10.9 Å². The number of benzene rings is 1. The van der Waals surface area contributed by atoms with Gasteiger partial charge >= 0.3 is 0 Å². The molecule has 108 valence electrons. The fourth-order valence-electron chi connectivity index (χ4n) is 2.98. The number of nitrogens with two attached hydrogens (primary N) is 1. The third-order valence-electron chi connectivity index (χ3n) is 4.12. The molecule has 0 spiro atoms. The van der Waals surface area contributed by atoms with Crippen molar-refractivity contribution in [2.45, 2.75) is 38.1 Å². The van der Waals surface area contributed by atoms with Crippen molar-refractivity contribution in [3.8, 4) is 6.07 Å². The quantitative estimate of drug-likeness (QED) is 0.940. The van der Waals surface area contributed by atoms with Gasteiger partial charge in [0.15, 0.2) is 0 Å². The molecule has 1 aromatic heterocycles. The lowest BCUT2D eigenvalue weighted by Crippen LogP contribution is -2.06. The fraction of sp³-hybridized carbons (Fsp3) is 0.375. The normalized spacial score (nSPS) is 15.2. The molecule has 0 bridgehead atoms. The monoisotopic (exact) mass is 300 g/mol. The summed E-state index contributed by atoms with van der Waals surface area (Å²) in [5.41, 5.74) is 8.61. The minimum absolute atomic E-state index is 0.383. The Labute approximate surface area is 129 Å². The molecule has 0 atom stereocenters. The molecule has 0 radical (unpaired) electrons. The van der Waals surface area contributed by atoms with Crippen molar-refractivity contribution >= 4 is 17.4 Å². The summed E-state index contributed by atoms with van der Waals surface area (Å²) >= 11 is 5.89. The standard InChI is InChI=1S/C16H17ClN4/c17-13-7-5-11(6-8-13)10-21-16(19)14(9-18)15(20-21)12-3-1-2-4-12/h5-8,12H,1-4,10,19H2. The molecule has 5 heteroatoms. The highest BCUT2D eigenvalue weighted by molar-refractivity contribution is 6.30. The number of hydrogen-bond donors (Lipinski definition) is 1. The maximum Gasteiger partial charge on any atom is 0.140 e. The molecule has 1 aliphatic carbocycles. The molecule has 1 fully saturated rings. The van der Waals surface area contributed by atoms with Crippen molar-refractivity contribution in [2.75, 3.05) is 5.73 Å². The van der Waals surface area contributed by atoms with Crippen LogP contribution in [0.3, 0.4) is 0 Å². The van der Waals surface area contributed by atoms with Gasteiger partial charge in [0.25, 0.3) is 0 Å². The van der Waals surface area contributed by atoms with Gasteiger partial charge in [0.1, 0.15) is 17.5 Å². The molecule has 1 aromatic carbocycles. The van der Waals surface area contributed by atoms with Crippen LogP contribution in [-0.2, 0) is 6.54 Å². The van der Waals surface area contributed by atoms with Gasteiger partial charge < -0.3 is 5.73 Å². The number of nitrogens with zero attached hydrogens (tertiary/aromatic N) is 3. The van der Waals surface area contributed by atoms with E-state index in [0.29, 0.717) is 28.9 Å². The number of halogens is 1. The molecule has 0 saturated heterocycles. The summed E-state index contributed by atoms with van der Waals surface area (Å²) < 4.78 is 1.73. The summed E-state index contributed by atoms with van der Waals surface area (Å²) in [6.45, 7) is 0.560. The highest BCUT2D eigenvalue weighted by atomic mass is 35.5. The molecule has 1 aliphatic rings. The molecular formula is C16H17ClN4. The average Bonchev–Trinajstić information content (AvgIpc) is 3.10. The molecular weight excluding hydrogens is 284 g/mol. The Balaban J connectivity index is 1.92. The molecule has 1 heterocycles. The van der Waals surface area contributed by atoms with Gasteiger partial charge in [-0.3, -0.25) is 0 Å². The van der Waals surface area contributed by atoms with Gasteiger partial charge in [0.2, 0.25) is 0 Å². The number of nitriles is 1. The van der Waals surface area contributed by atoms with E-state index in [0.717, 1.165) is 24.1 Å². The highest BCUT2D eigenvalue weighted by Crippen LogP contribution is 2.36. The van der Waals surface area contributed by atoms with Gasteiger partial charge in [0.05, 0.1) is 12.2 Å². The van der Waals surface area contributed by atoms with E-state index in [-0.39, 0.29) is 0 Å². The maximum absolute atomic E-state index is 9.37. The molecule has 3 rings (SSSR count). The van der Waals surface area contributed by atoms with Crippen LogP contribution in [0.25, 0.3) is 0 Å². The van der Waals surface area contributed by atoms with E-state index in [4.69, 9.17) is 17.3 Å². The zero-order valence-electron chi connectivity index (χ0n) is 11.7. The lowest BCUT2D eigenvalue weighted by molar-refractivity contribution is 0.632. The number of aromatic nitrogens is 2. The van der Waals surface area contributed by atoms with Crippen LogP contribution in [0, 0.1) is 11.3 Å². The molecule has 2 N–H and O–H groups in total. The van der Waals surface area contributed by atoms with Gasteiger partial charge in [-0.05, 0) is 30.5 Å². The first-order valence-corrected chi connectivity index (χ1v) is 7.57. The summed E-state index contributed by atoms with van der Waals surface area (Å²) in [4.78, 5) is 0. The third kappa shape index (κ3) is 2.74. The Hall–Kier alpha value is -1.99. The topological polar surface area (TPSA) is 67.6 Å². The van der Waals surface area contributed by atoms with E-state index >= 15 is 0 Å². The van der Waals surface area contributed by atoms with Crippen LogP contribution < -0.4 is 5.73 Å². The molecule has 4 nitrogen and oxygen atoms in total. The molecule has 0 unspecified atom stereocenters. The largest absolute Gasteiger partial charge is 0.383 e. The first kappa shape index (κ1) is 14.0.